The summed E-state index contributed by atoms with van der Waals surface area (Å²) < 4.78 is 0. The van der Waals surface area contributed by atoms with E-state index in [9.17, 15) is 9.59 Å². The van der Waals surface area contributed by atoms with Crippen molar-refractivity contribution in [2.24, 2.45) is 0 Å². The standard InChI is InChI=1S/C26H21N3O2/c30-25(20-11-3-1-4-12-20)27-24(26(31)29-28-22-15-5-2-6-16-22)18-21-14-9-13-19-10-7-8-17-23(19)21/h1-18,28H,(H,27,30)(H,29,31)/b24-18+. The highest BCUT2D eigenvalue weighted by atomic mass is 16.2. The largest absolute Gasteiger partial charge is 0.317 e. The summed E-state index contributed by atoms with van der Waals surface area (Å²) in [4.78, 5) is 25.7. The van der Waals surface area contributed by atoms with Crippen LogP contribution in [0.1, 0.15) is 15.9 Å². The van der Waals surface area contributed by atoms with E-state index in [0.29, 0.717) is 5.56 Å². The van der Waals surface area contributed by atoms with Gasteiger partial charge in [0.05, 0.1) is 5.69 Å². The number of fused-ring (bicyclic) bond motifs is 1. The summed E-state index contributed by atoms with van der Waals surface area (Å²) >= 11 is 0. The SMILES string of the molecule is O=C(NNc1ccccc1)/C(=C\c1cccc2ccccc12)NC(=O)c1ccccc1. The van der Waals surface area contributed by atoms with E-state index in [-0.39, 0.29) is 11.6 Å². The molecule has 0 saturated carbocycles. The number of hydrogen-bond acceptors (Lipinski definition) is 3. The van der Waals surface area contributed by atoms with Crippen LogP contribution in [0.15, 0.2) is 109 Å². The van der Waals surface area contributed by atoms with Gasteiger partial charge in [-0.05, 0) is 46.7 Å². The molecule has 0 unspecified atom stereocenters. The third kappa shape index (κ3) is 4.97. The molecule has 0 atom stereocenters. The number of amides is 2. The topological polar surface area (TPSA) is 70.2 Å². The van der Waals surface area contributed by atoms with Crippen LogP contribution in [-0.4, -0.2) is 11.8 Å². The Morgan fingerprint density at radius 2 is 1.32 bits per heavy atom. The maximum atomic E-state index is 13.0. The zero-order valence-electron chi connectivity index (χ0n) is 16.7. The first-order valence-electron chi connectivity index (χ1n) is 9.88. The number of carbonyl (C=O) groups is 2. The predicted octanol–water partition coefficient (Wildman–Crippen LogP) is 4.75. The Morgan fingerprint density at radius 3 is 2.10 bits per heavy atom. The average molecular weight is 407 g/mol. The first-order chi connectivity index (χ1) is 15.2. The summed E-state index contributed by atoms with van der Waals surface area (Å²) in [5, 5.41) is 4.79. The lowest BCUT2D eigenvalue weighted by atomic mass is 10.0. The van der Waals surface area contributed by atoms with Gasteiger partial charge in [0.25, 0.3) is 11.8 Å². The zero-order chi connectivity index (χ0) is 21.5. The fraction of sp³-hybridized carbons (Fsp3) is 0. The van der Waals surface area contributed by atoms with Crippen molar-refractivity contribution in [1.29, 1.82) is 0 Å². The number of anilines is 1. The van der Waals surface area contributed by atoms with Crippen molar-refractivity contribution in [2.45, 2.75) is 0 Å². The molecule has 0 aliphatic heterocycles. The predicted molar refractivity (Wildman–Crippen MR) is 124 cm³/mol. The van der Waals surface area contributed by atoms with Crippen LogP contribution in [-0.2, 0) is 4.79 Å². The maximum Gasteiger partial charge on any atom is 0.286 e. The molecular formula is C26H21N3O2. The Labute approximate surface area is 180 Å². The lowest BCUT2D eigenvalue weighted by molar-refractivity contribution is -0.117. The summed E-state index contributed by atoms with van der Waals surface area (Å²) in [5.74, 6) is -0.817. The van der Waals surface area contributed by atoms with Gasteiger partial charge in [-0.2, -0.15) is 0 Å². The normalized spacial score (nSPS) is 11.0. The molecule has 0 spiro atoms. The molecule has 4 aromatic carbocycles. The summed E-state index contributed by atoms with van der Waals surface area (Å²) in [6.45, 7) is 0. The van der Waals surface area contributed by atoms with Gasteiger partial charge in [0.2, 0.25) is 0 Å². The number of para-hydroxylation sites is 1. The highest BCUT2D eigenvalue weighted by Gasteiger charge is 2.15. The lowest BCUT2D eigenvalue weighted by Gasteiger charge is -2.13. The average Bonchev–Trinajstić information content (AvgIpc) is 2.83. The summed E-state index contributed by atoms with van der Waals surface area (Å²) in [6, 6.07) is 31.8. The molecule has 5 heteroatoms. The molecule has 0 aliphatic carbocycles. The molecule has 3 N–H and O–H groups in total. The second kappa shape index (κ2) is 9.41. The van der Waals surface area contributed by atoms with E-state index in [2.05, 4.69) is 16.2 Å². The smallest absolute Gasteiger partial charge is 0.286 e. The van der Waals surface area contributed by atoms with E-state index in [0.717, 1.165) is 22.0 Å². The number of benzene rings is 4. The number of carbonyl (C=O) groups excluding carboxylic acids is 2. The molecule has 0 saturated heterocycles. The lowest BCUT2D eigenvalue weighted by Crippen LogP contribution is -2.37. The molecule has 0 aliphatic rings. The molecule has 5 nitrogen and oxygen atoms in total. The van der Waals surface area contributed by atoms with E-state index in [1.165, 1.54) is 0 Å². The Hall–Kier alpha value is -4.38. The van der Waals surface area contributed by atoms with Gasteiger partial charge in [0.1, 0.15) is 5.70 Å². The molecular weight excluding hydrogens is 386 g/mol. The van der Waals surface area contributed by atoms with Crippen LogP contribution in [0.2, 0.25) is 0 Å². The first-order valence-corrected chi connectivity index (χ1v) is 9.88. The van der Waals surface area contributed by atoms with Gasteiger partial charge in [0, 0.05) is 5.56 Å². The highest BCUT2D eigenvalue weighted by Crippen LogP contribution is 2.20. The van der Waals surface area contributed by atoms with Crippen molar-refractivity contribution in [3.63, 3.8) is 0 Å². The number of rotatable bonds is 6. The Balaban J connectivity index is 1.65. The molecule has 152 valence electrons. The van der Waals surface area contributed by atoms with Crippen molar-refractivity contribution in [2.75, 3.05) is 5.43 Å². The van der Waals surface area contributed by atoms with Crippen molar-refractivity contribution >= 4 is 34.4 Å². The Kier molecular flexibility index (Phi) is 6.05. The molecule has 4 aromatic rings. The third-order valence-corrected chi connectivity index (χ3v) is 4.75. The minimum atomic E-state index is -0.457. The minimum Gasteiger partial charge on any atom is -0.317 e. The Bertz CT molecular complexity index is 1230. The van der Waals surface area contributed by atoms with Gasteiger partial charge in [-0.15, -0.1) is 0 Å². The van der Waals surface area contributed by atoms with Crippen LogP contribution < -0.4 is 16.2 Å². The second-order valence-electron chi connectivity index (χ2n) is 6.89. The summed E-state index contributed by atoms with van der Waals surface area (Å²) in [7, 11) is 0. The van der Waals surface area contributed by atoms with Gasteiger partial charge < -0.3 is 5.32 Å². The number of hydrazine groups is 1. The summed E-state index contributed by atoms with van der Waals surface area (Å²) in [6.07, 6.45) is 1.69. The fourth-order valence-electron chi connectivity index (χ4n) is 3.19. The molecule has 2 amide bonds. The van der Waals surface area contributed by atoms with Crippen LogP contribution in [0.5, 0.6) is 0 Å². The van der Waals surface area contributed by atoms with Crippen LogP contribution >= 0.6 is 0 Å². The molecule has 4 rings (SSSR count). The minimum absolute atomic E-state index is 0.133. The van der Waals surface area contributed by atoms with Gasteiger partial charge in [-0.25, -0.2) is 0 Å². The molecule has 0 fully saturated rings. The maximum absolute atomic E-state index is 13.0. The highest BCUT2D eigenvalue weighted by molar-refractivity contribution is 6.06. The number of nitrogens with one attached hydrogen (secondary N) is 3. The molecule has 0 radical (unpaired) electrons. The Morgan fingerprint density at radius 1 is 0.677 bits per heavy atom. The number of hydrogen-bond donors (Lipinski definition) is 3. The van der Waals surface area contributed by atoms with Crippen molar-refractivity contribution < 1.29 is 9.59 Å². The quantitative estimate of drug-likeness (QED) is 0.319. The van der Waals surface area contributed by atoms with Gasteiger partial charge >= 0.3 is 0 Å². The van der Waals surface area contributed by atoms with Crippen LogP contribution in [0.4, 0.5) is 5.69 Å². The van der Waals surface area contributed by atoms with Gasteiger partial charge in [-0.1, -0.05) is 78.9 Å². The van der Waals surface area contributed by atoms with Crippen molar-refractivity contribution in [3.8, 4) is 0 Å². The monoisotopic (exact) mass is 407 g/mol. The van der Waals surface area contributed by atoms with Gasteiger partial charge in [-0.3, -0.25) is 20.4 Å². The van der Waals surface area contributed by atoms with Gasteiger partial charge in [0.15, 0.2) is 0 Å². The first kappa shape index (κ1) is 19.9. The van der Waals surface area contributed by atoms with E-state index >= 15 is 0 Å². The second-order valence-corrected chi connectivity index (χ2v) is 6.89. The molecule has 31 heavy (non-hydrogen) atoms. The van der Waals surface area contributed by atoms with Crippen LogP contribution in [0, 0.1) is 0 Å². The van der Waals surface area contributed by atoms with Crippen molar-refractivity contribution in [3.05, 3.63) is 120 Å². The van der Waals surface area contributed by atoms with Crippen LogP contribution in [0.3, 0.4) is 0 Å². The fourth-order valence-corrected chi connectivity index (χ4v) is 3.19. The molecule has 0 heterocycles. The molecule has 0 aromatic heterocycles. The van der Waals surface area contributed by atoms with E-state index < -0.39 is 5.91 Å². The summed E-state index contributed by atoms with van der Waals surface area (Å²) in [5.41, 5.74) is 7.68. The van der Waals surface area contributed by atoms with E-state index in [4.69, 9.17) is 0 Å². The van der Waals surface area contributed by atoms with E-state index in [1.54, 1.807) is 30.3 Å². The van der Waals surface area contributed by atoms with Crippen molar-refractivity contribution in [1.82, 2.24) is 10.7 Å². The van der Waals surface area contributed by atoms with E-state index in [1.807, 2.05) is 78.9 Å². The van der Waals surface area contributed by atoms with Crippen LogP contribution in [0.25, 0.3) is 16.8 Å². The zero-order valence-corrected chi connectivity index (χ0v) is 16.7. The molecule has 0 bridgehead atoms. The third-order valence-electron chi connectivity index (χ3n) is 4.75.